The van der Waals surface area contributed by atoms with Gasteiger partial charge in [0.2, 0.25) is 0 Å². The number of alkyl halides is 3. The summed E-state index contributed by atoms with van der Waals surface area (Å²) in [6.45, 7) is 1.68. The molecule has 2 atom stereocenters. The van der Waals surface area contributed by atoms with E-state index in [0.29, 0.717) is 18.5 Å². The zero-order chi connectivity index (χ0) is 22.3. The van der Waals surface area contributed by atoms with Gasteiger partial charge >= 0.3 is 6.36 Å². The van der Waals surface area contributed by atoms with Crippen LogP contribution in [0.5, 0.6) is 11.5 Å². The van der Waals surface area contributed by atoms with Crippen molar-refractivity contribution in [3.05, 3.63) is 83.4 Å². The molecule has 166 valence electrons. The number of hydrogen-bond acceptors (Lipinski definition) is 3. The Bertz CT molecular complexity index is 1090. The van der Waals surface area contributed by atoms with E-state index in [-0.39, 0.29) is 5.75 Å². The van der Waals surface area contributed by atoms with Gasteiger partial charge in [0, 0.05) is 12.6 Å². The lowest BCUT2D eigenvalue weighted by atomic mass is 9.94. The average Bonchev–Trinajstić information content (AvgIpc) is 3.08. The molecule has 1 unspecified atom stereocenters. The van der Waals surface area contributed by atoms with Crippen molar-refractivity contribution in [1.82, 2.24) is 4.90 Å². The molecular weight excluding hydrogens is 415 g/mol. The second kappa shape index (κ2) is 8.17. The first-order chi connectivity index (χ1) is 15.4. The molecule has 3 aromatic rings. The summed E-state index contributed by atoms with van der Waals surface area (Å²) in [5.74, 6) is 1.23. The van der Waals surface area contributed by atoms with Crippen LogP contribution in [0, 0.1) is 0 Å². The summed E-state index contributed by atoms with van der Waals surface area (Å²) in [6, 6.07) is 21.4. The number of methoxy groups -OCH3 is 1. The minimum absolute atomic E-state index is 0.185. The largest absolute Gasteiger partial charge is 0.573 e. The minimum Gasteiger partial charge on any atom is -0.497 e. The van der Waals surface area contributed by atoms with Gasteiger partial charge in [-0.05, 0) is 83.5 Å². The van der Waals surface area contributed by atoms with Crippen molar-refractivity contribution in [2.45, 2.75) is 37.7 Å². The quantitative estimate of drug-likeness (QED) is 0.442. The lowest BCUT2D eigenvalue weighted by Gasteiger charge is -2.34. The van der Waals surface area contributed by atoms with Crippen LogP contribution < -0.4 is 9.47 Å². The Morgan fingerprint density at radius 2 is 1.56 bits per heavy atom. The van der Waals surface area contributed by atoms with Gasteiger partial charge in [-0.25, -0.2) is 0 Å². The first kappa shape index (κ1) is 20.9. The number of halogens is 3. The van der Waals surface area contributed by atoms with Crippen LogP contribution in [0.2, 0.25) is 0 Å². The zero-order valence-electron chi connectivity index (χ0n) is 17.7. The number of ether oxygens (including phenoxy) is 2. The lowest BCUT2D eigenvalue weighted by Crippen LogP contribution is -2.31. The Morgan fingerprint density at radius 1 is 0.875 bits per heavy atom. The average molecular weight is 439 g/mol. The van der Waals surface area contributed by atoms with Crippen molar-refractivity contribution in [2.75, 3.05) is 13.7 Å². The van der Waals surface area contributed by atoms with Gasteiger partial charge in [0.05, 0.1) is 7.11 Å². The molecule has 2 aliphatic rings. The van der Waals surface area contributed by atoms with Crippen LogP contribution in [0.1, 0.15) is 41.5 Å². The molecule has 5 rings (SSSR count). The number of piperidine rings is 1. The Hall–Kier alpha value is -2.99. The number of hydrogen-bond donors (Lipinski definition) is 0. The molecule has 1 saturated heterocycles. The smallest absolute Gasteiger partial charge is 0.497 e. The fraction of sp³-hybridized carbons (Fsp3) is 0.308. The van der Waals surface area contributed by atoms with Crippen LogP contribution in [0.4, 0.5) is 13.2 Å². The van der Waals surface area contributed by atoms with E-state index in [0.717, 1.165) is 36.3 Å². The fourth-order valence-electron chi connectivity index (χ4n) is 5.04. The molecule has 3 nitrogen and oxygen atoms in total. The molecule has 0 aromatic heterocycles. The summed E-state index contributed by atoms with van der Waals surface area (Å²) < 4.78 is 46.5. The maximum absolute atomic E-state index is 12.4. The normalized spacial score (nSPS) is 20.1. The monoisotopic (exact) mass is 439 g/mol. The third kappa shape index (κ3) is 4.19. The molecule has 0 amide bonds. The van der Waals surface area contributed by atoms with E-state index in [9.17, 15) is 13.2 Å². The first-order valence-electron chi connectivity index (χ1n) is 10.8. The Balaban J connectivity index is 1.36. The van der Waals surface area contributed by atoms with E-state index in [1.165, 1.54) is 28.8 Å². The SMILES string of the molecule is COc1ccc(-c2ccc3c(c2)C2C[C@H]3CCN2Cc2ccc(OC(F)(F)F)cc2)cc1. The molecule has 1 heterocycles. The summed E-state index contributed by atoms with van der Waals surface area (Å²) in [4.78, 5) is 2.44. The summed E-state index contributed by atoms with van der Waals surface area (Å²) in [5.41, 5.74) is 6.13. The van der Waals surface area contributed by atoms with Gasteiger partial charge in [0.25, 0.3) is 0 Å². The molecule has 1 aliphatic carbocycles. The molecule has 6 heteroatoms. The van der Waals surface area contributed by atoms with Gasteiger partial charge in [-0.2, -0.15) is 0 Å². The second-order valence-electron chi connectivity index (χ2n) is 8.47. The number of likely N-dealkylation sites (tertiary alicyclic amines) is 1. The molecule has 3 aromatic carbocycles. The molecule has 0 spiro atoms. The first-order valence-corrected chi connectivity index (χ1v) is 10.8. The standard InChI is InChI=1S/C26H24F3NO2/c1-31-21-9-4-18(5-10-21)19-6-11-23-20-12-13-30(25(15-20)24(23)14-19)16-17-2-7-22(8-3-17)32-26(27,28)29/h2-11,14,20,25H,12-13,15-16H2,1H3/t20-,25?/m1/s1. The highest BCUT2D eigenvalue weighted by atomic mass is 19.4. The topological polar surface area (TPSA) is 21.7 Å². The van der Waals surface area contributed by atoms with E-state index < -0.39 is 6.36 Å². The van der Waals surface area contributed by atoms with Crippen LogP contribution in [0.3, 0.4) is 0 Å². The van der Waals surface area contributed by atoms with E-state index in [4.69, 9.17) is 4.74 Å². The van der Waals surface area contributed by atoms with Crippen molar-refractivity contribution in [2.24, 2.45) is 0 Å². The summed E-state index contributed by atoms with van der Waals surface area (Å²) in [6.07, 6.45) is -2.48. The van der Waals surface area contributed by atoms with Crippen molar-refractivity contribution >= 4 is 0 Å². The summed E-state index contributed by atoms with van der Waals surface area (Å²) in [5, 5.41) is 0. The lowest BCUT2D eigenvalue weighted by molar-refractivity contribution is -0.274. The van der Waals surface area contributed by atoms with Gasteiger partial charge < -0.3 is 9.47 Å². The predicted octanol–water partition coefficient (Wildman–Crippen LogP) is 6.70. The summed E-state index contributed by atoms with van der Waals surface area (Å²) in [7, 11) is 1.66. The number of fused-ring (bicyclic) bond motifs is 5. The second-order valence-corrected chi connectivity index (χ2v) is 8.47. The van der Waals surface area contributed by atoms with Gasteiger partial charge in [0.1, 0.15) is 11.5 Å². The van der Waals surface area contributed by atoms with Crippen LogP contribution in [-0.2, 0) is 6.54 Å². The highest BCUT2D eigenvalue weighted by Gasteiger charge is 2.38. The van der Waals surface area contributed by atoms with Crippen LogP contribution in [0.25, 0.3) is 11.1 Å². The molecule has 0 saturated carbocycles. The summed E-state index contributed by atoms with van der Waals surface area (Å²) >= 11 is 0. The number of nitrogens with zero attached hydrogens (tertiary/aromatic N) is 1. The highest BCUT2D eigenvalue weighted by Crippen LogP contribution is 2.50. The van der Waals surface area contributed by atoms with Gasteiger partial charge in [-0.3, -0.25) is 4.90 Å². The molecule has 1 fully saturated rings. The number of benzene rings is 3. The van der Waals surface area contributed by atoms with Gasteiger partial charge in [-0.15, -0.1) is 13.2 Å². The third-order valence-electron chi connectivity index (χ3n) is 6.56. The predicted molar refractivity (Wildman–Crippen MR) is 117 cm³/mol. The maximum atomic E-state index is 12.4. The molecule has 32 heavy (non-hydrogen) atoms. The maximum Gasteiger partial charge on any atom is 0.573 e. The Morgan fingerprint density at radius 3 is 2.25 bits per heavy atom. The minimum atomic E-state index is -4.67. The van der Waals surface area contributed by atoms with Crippen molar-refractivity contribution in [1.29, 1.82) is 0 Å². The molecule has 0 radical (unpaired) electrons. The molecule has 0 N–H and O–H groups in total. The van der Waals surface area contributed by atoms with Crippen LogP contribution in [-0.4, -0.2) is 24.9 Å². The fourth-order valence-corrected chi connectivity index (χ4v) is 5.04. The molecule has 2 bridgehead atoms. The molecule has 1 aliphatic heterocycles. The van der Waals surface area contributed by atoms with Crippen LogP contribution >= 0.6 is 0 Å². The Labute approximate surface area is 185 Å². The van der Waals surface area contributed by atoms with Crippen molar-refractivity contribution in [3.8, 4) is 22.6 Å². The Kier molecular flexibility index (Phi) is 5.33. The van der Waals surface area contributed by atoms with Crippen molar-refractivity contribution < 1.29 is 22.6 Å². The van der Waals surface area contributed by atoms with E-state index >= 15 is 0 Å². The van der Waals surface area contributed by atoms with Gasteiger partial charge in [0.15, 0.2) is 0 Å². The van der Waals surface area contributed by atoms with Crippen LogP contribution in [0.15, 0.2) is 66.7 Å². The van der Waals surface area contributed by atoms with E-state index in [1.807, 2.05) is 12.1 Å². The number of rotatable bonds is 5. The van der Waals surface area contributed by atoms with E-state index in [1.54, 1.807) is 19.2 Å². The highest BCUT2D eigenvalue weighted by molar-refractivity contribution is 5.66. The third-order valence-corrected chi connectivity index (χ3v) is 6.56. The van der Waals surface area contributed by atoms with Gasteiger partial charge in [-0.1, -0.05) is 36.4 Å². The van der Waals surface area contributed by atoms with Crippen molar-refractivity contribution in [3.63, 3.8) is 0 Å². The van der Waals surface area contributed by atoms with E-state index in [2.05, 4.69) is 40.0 Å². The zero-order valence-corrected chi connectivity index (χ0v) is 17.7. The molecular formula is C26H24F3NO2.